The van der Waals surface area contributed by atoms with E-state index in [4.69, 9.17) is 9.31 Å². The molecule has 1 saturated heterocycles. The molecule has 0 bridgehead atoms. The van der Waals surface area contributed by atoms with E-state index in [1.54, 1.807) is 0 Å². The molecule has 0 unspecified atom stereocenters. The van der Waals surface area contributed by atoms with Gasteiger partial charge in [0, 0.05) is 0 Å². The highest BCUT2D eigenvalue weighted by atomic mass is 16.7. The average molecular weight is 506 g/mol. The molecule has 39 heavy (non-hydrogen) atoms. The molecule has 1 aliphatic heterocycles. The molecule has 1 heterocycles. The first-order valence-corrected chi connectivity index (χ1v) is 13.7. The Morgan fingerprint density at radius 2 is 0.974 bits per heavy atom. The predicted octanol–water partition coefficient (Wildman–Crippen LogP) is 8.78. The van der Waals surface area contributed by atoms with E-state index in [2.05, 4.69) is 143 Å². The predicted molar refractivity (Wildman–Crippen MR) is 166 cm³/mol. The van der Waals surface area contributed by atoms with Crippen molar-refractivity contribution in [1.82, 2.24) is 0 Å². The van der Waals surface area contributed by atoms with Crippen LogP contribution in [0.25, 0.3) is 54.6 Å². The van der Waals surface area contributed by atoms with Crippen LogP contribution in [-0.4, -0.2) is 18.3 Å². The first-order valence-electron chi connectivity index (χ1n) is 13.7. The molecule has 0 atom stereocenters. The quantitative estimate of drug-likeness (QED) is 0.176. The molecule has 0 saturated carbocycles. The SMILES string of the molecule is CC1(C)OB(c2ccc3cc(-c4ccccc4-c4ccc5ccc6ccccc6c5c4)ccc3c2)OC1(C)C. The van der Waals surface area contributed by atoms with Gasteiger partial charge in [-0.2, -0.15) is 0 Å². The second-order valence-electron chi connectivity index (χ2n) is 11.7. The highest BCUT2D eigenvalue weighted by Crippen LogP contribution is 2.38. The minimum Gasteiger partial charge on any atom is -0.399 e. The van der Waals surface area contributed by atoms with Crippen LogP contribution in [0.2, 0.25) is 0 Å². The third-order valence-electron chi connectivity index (χ3n) is 8.69. The Balaban J connectivity index is 1.28. The standard InChI is InChI=1S/C36H31BO2/c1-35(2)36(3,4)39-37(38-35)30-20-19-26-21-28(18-16-27(26)22-30)32-11-7-8-12-33(32)29-17-15-25-14-13-24-9-5-6-10-31(24)34(25)23-29/h5-23H,1-4H3. The summed E-state index contributed by atoms with van der Waals surface area (Å²) in [6, 6.07) is 41.8. The molecule has 0 amide bonds. The molecule has 1 aliphatic rings. The minimum atomic E-state index is -0.358. The van der Waals surface area contributed by atoms with Gasteiger partial charge in [0.15, 0.2) is 0 Å². The second kappa shape index (κ2) is 8.81. The van der Waals surface area contributed by atoms with E-state index in [9.17, 15) is 0 Å². The van der Waals surface area contributed by atoms with Gasteiger partial charge in [0.25, 0.3) is 0 Å². The number of fused-ring (bicyclic) bond motifs is 4. The lowest BCUT2D eigenvalue weighted by molar-refractivity contribution is 0.00578. The summed E-state index contributed by atoms with van der Waals surface area (Å²) < 4.78 is 12.6. The number of rotatable bonds is 3. The van der Waals surface area contributed by atoms with Gasteiger partial charge in [-0.25, -0.2) is 0 Å². The molecule has 7 rings (SSSR count). The molecule has 3 heteroatoms. The first-order chi connectivity index (χ1) is 18.8. The van der Waals surface area contributed by atoms with Gasteiger partial charge in [-0.15, -0.1) is 0 Å². The van der Waals surface area contributed by atoms with Crippen LogP contribution in [0, 0.1) is 0 Å². The topological polar surface area (TPSA) is 18.5 Å². The maximum Gasteiger partial charge on any atom is 0.494 e. The zero-order chi connectivity index (χ0) is 26.8. The maximum absolute atomic E-state index is 6.29. The molecule has 2 nitrogen and oxygen atoms in total. The molecule has 190 valence electrons. The third kappa shape index (κ3) is 4.05. The largest absolute Gasteiger partial charge is 0.494 e. The van der Waals surface area contributed by atoms with Crippen molar-refractivity contribution < 1.29 is 9.31 Å². The van der Waals surface area contributed by atoms with Gasteiger partial charge in [-0.1, -0.05) is 103 Å². The van der Waals surface area contributed by atoms with Gasteiger partial charge in [-0.05, 0) is 99.9 Å². The van der Waals surface area contributed by atoms with Gasteiger partial charge in [0.05, 0.1) is 11.2 Å². The van der Waals surface area contributed by atoms with Crippen LogP contribution in [0.4, 0.5) is 0 Å². The summed E-state index contributed by atoms with van der Waals surface area (Å²) in [5, 5.41) is 7.49. The fourth-order valence-electron chi connectivity index (χ4n) is 5.71. The Morgan fingerprint density at radius 3 is 1.69 bits per heavy atom. The lowest BCUT2D eigenvalue weighted by Crippen LogP contribution is -2.41. The Kier molecular flexibility index (Phi) is 5.45. The van der Waals surface area contributed by atoms with Crippen LogP contribution in [0.15, 0.2) is 115 Å². The lowest BCUT2D eigenvalue weighted by Gasteiger charge is -2.32. The Morgan fingerprint density at radius 1 is 0.462 bits per heavy atom. The molecule has 0 aliphatic carbocycles. The molecule has 0 radical (unpaired) electrons. The van der Waals surface area contributed by atoms with Crippen LogP contribution in [0.1, 0.15) is 27.7 Å². The zero-order valence-corrected chi connectivity index (χ0v) is 22.9. The van der Waals surface area contributed by atoms with E-state index in [0.29, 0.717) is 0 Å². The van der Waals surface area contributed by atoms with Gasteiger partial charge >= 0.3 is 7.12 Å². The third-order valence-corrected chi connectivity index (χ3v) is 8.69. The van der Waals surface area contributed by atoms with Crippen LogP contribution >= 0.6 is 0 Å². The van der Waals surface area contributed by atoms with E-state index in [1.807, 2.05) is 0 Å². The Labute approximate surface area is 230 Å². The number of hydrogen-bond donors (Lipinski definition) is 0. The van der Waals surface area contributed by atoms with Crippen molar-refractivity contribution >= 4 is 44.9 Å². The van der Waals surface area contributed by atoms with Crippen molar-refractivity contribution in [2.75, 3.05) is 0 Å². The second-order valence-corrected chi connectivity index (χ2v) is 11.7. The van der Waals surface area contributed by atoms with Crippen molar-refractivity contribution in [3.8, 4) is 22.3 Å². The molecule has 0 spiro atoms. The molecule has 6 aromatic rings. The highest BCUT2D eigenvalue weighted by molar-refractivity contribution is 6.62. The summed E-state index contributed by atoms with van der Waals surface area (Å²) in [6.07, 6.45) is 0. The van der Waals surface area contributed by atoms with Crippen LogP contribution < -0.4 is 5.46 Å². The van der Waals surface area contributed by atoms with E-state index >= 15 is 0 Å². The van der Waals surface area contributed by atoms with Gasteiger partial charge < -0.3 is 9.31 Å². The highest BCUT2D eigenvalue weighted by Gasteiger charge is 2.51. The summed E-state index contributed by atoms with van der Waals surface area (Å²) in [5.41, 5.74) is 5.25. The van der Waals surface area contributed by atoms with Crippen molar-refractivity contribution in [1.29, 1.82) is 0 Å². The van der Waals surface area contributed by atoms with Crippen molar-refractivity contribution in [3.63, 3.8) is 0 Å². The fraction of sp³-hybridized carbons (Fsp3) is 0.167. The first kappa shape index (κ1) is 24.1. The van der Waals surface area contributed by atoms with Crippen LogP contribution in [0.5, 0.6) is 0 Å². The van der Waals surface area contributed by atoms with Crippen molar-refractivity contribution in [3.05, 3.63) is 115 Å². The zero-order valence-electron chi connectivity index (χ0n) is 22.9. The maximum atomic E-state index is 6.29. The number of hydrogen-bond acceptors (Lipinski definition) is 2. The number of benzene rings is 6. The normalized spacial score (nSPS) is 16.4. The van der Waals surface area contributed by atoms with E-state index < -0.39 is 0 Å². The molecular weight excluding hydrogens is 475 g/mol. The fourth-order valence-corrected chi connectivity index (χ4v) is 5.71. The molecule has 0 N–H and O–H groups in total. The molecule has 1 fully saturated rings. The smallest absolute Gasteiger partial charge is 0.399 e. The Hall–Kier alpha value is -3.92. The van der Waals surface area contributed by atoms with Gasteiger partial charge in [0.2, 0.25) is 0 Å². The lowest BCUT2D eigenvalue weighted by atomic mass is 9.78. The van der Waals surface area contributed by atoms with Crippen molar-refractivity contribution in [2.24, 2.45) is 0 Å². The summed E-state index contributed by atoms with van der Waals surface area (Å²) in [5.74, 6) is 0. The summed E-state index contributed by atoms with van der Waals surface area (Å²) in [6.45, 7) is 8.37. The Bertz CT molecular complexity index is 1870. The van der Waals surface area contributed by atoms with E-state index in [1.165, 1.54) is 54.6 Å². The molecule has 6 aromatic carbocycles. The van der Waals surface area contributed by atoms with Crippen molar-refractivity contribution in [2.45, 2.75) is 38.9 Å². The van der Waals surface area contributed by atoms with E-state index in [0.717, 1.165) is 5.46 Å². The molecular formula is C36H31BO2. The van der Waals surface area contributed by atoms with E-state index in [-0.39, 0.29) is 18.3 Å². The minimum absolute atomic E-state index is 0.352. The van der Waals surface area contributed by atoms with Crippen LogP contribution in [0.3, 0.4) is 0 Å². The summed E-state index contributed by atoms with van der Waals surface area (Å²) in [4.78, 5) is 0. The average Bonchev–Trinajstić information content (AvgIpc) is 3.18. The van der Waals surface area contributed by atoms with Crippen LogP contribution in [-0.2, 0) is 9.31 Å². The van der Waals surface area contributed by atoms with Gasteiger partial charge in [0.1, 0.15) is 0 Å². The molecule has 0 aromatic heterocycles. The summed E-state index contributed by atoms with van der Waals surface area (Å²) in [7, 11) is -0.358. The summed E-state index contributed by atoms with van der Waals surface area (Å²) >= 11 is 0. The van der Waals surface area contributed by atoms with Gasteiger partial charge in [-0.3, -0.25) is 0 Å². The monoisotopic (exact) mass is 506 g/mol.